The molecule has 0 radical (unpaired) electrons. The molecule has 3 aromatic rings. The molecule has 1 aromatic heterocycles. The van der Waals surface area contributed by atoms with Crippen LogP contribution in [0.15, 0.2) is 48.7 Å². The summed E-state index contributed by atoms with van der Waals surface area (Å²) in [6, 6.07) is 12.4. The molecule has 0 bridgehead atoms. The third-order valence-corrected chi connectivity index (χ3v) is 4.39. The molecule has 128 valence electrons. The second-order valence-electron chi connectivity index (χ2n) is 4.97. The lowest BCUT2D eigenvalue weighted by molar-refractivity contribution is 0.415. The maximum atomic E-state index is 6.17. The molecule has 0 aliphatic rings. The Morgan fingerprint density at radius 1 is 0.960 bits per heavy atom. The summed E-state index contributed by atoms with van der Waals surface area (Å²) in [6.45, 7) is 0. The number of aromatic nitrogens is 2. The topological polar surface area (TPSA) is 59.1 Å². The largest absolute Gasteiger partial charge is 0.495 e. The first kappa shape index (κ1) is 17.6. The third kappa shape index (κ3) is 4.25. The van der Waals surface area contributed by atoms with E-state index in [4.69, 9.17) is 39.5 Å². The average Bonchev–Trinajstić information content (AvgIpc) is 2.60. The molecule has 5 nitrogen and oxygen atoms in total. The zero-order valence-corrected chi connectivity index (χ0v) is 15.3. The Bertz CT molecular complexity index is 905. The Morgan fingerprint density at radius 3 is 2.56 bits per heavy atom. The standard InChI is InChI=1S/C17H13Cl3N4O/c1-25-14-6-5-10(9-12(14)19)22-15-7-8-21-17(24-15)23-13-4-2-3-11(18)16(13)20/h2-9H,1H3,(H2,21,22,23,24). The molecule has 25 heavy (non-hydrogen) atoms. The van der Waals surface area contributed by atoms with Gasteiger partial charge in [-0.1, -0.05) is 40.9 Å². The monoisotopic (exact) mass is 394 g/mol. The van der Waals surface area contributed by atoms with Crippen LogP contribution in [0, 0.1) is 0 Å². The lowest BCUT2D eigenvalue weighted by Gasteiger charge is -2.11. The van der Waals surface area contributed by atoms with Gasteiger partial charge in [0.15, 0.2) is 0 Å². The van der Waals surface area contributed by atoms with Crippen molar-refractivity contribution in [3.63, 3.8) is 0 Å². The minimum atomic E-state index is 0.383. The molecule has 0 atom stereocenters. The van der Waals surface area contributed by atoms with E-state index >= 15 is 0 Å². The summed E-state index contributed by atoms with van der Waals surface area (Å²) in [6.07, 6.45) is 1.63. The Kier molecular flexibility index (Phi) is 5.48. The van der Waals surface area contributed by atoms with Gasteiger partial charge in [-0.3, -0.25) is 0 Å². The fourth-order valence-electron chi connectivity index (χ4n) is 2.10. The molecule has 0 saturated carbocycles. The Hall–Kier alpha value is -2.21. The predicted octanol–water partition coefficient (Wildman–Crippen LogP) is 5.93. The summed E-state index contributed by atoms with van der Waals surface area (Å²) in [5.41, 5.74) is 1.40. The molecule has 3 rings (SSSR count). The van der Waals surface area contributed by atoms with Gasteiger partial charge in [-0.05, 0) is 36.4 Å². The molecular weight excluding hydrogens is 383 g/mol. The van der Waals surface area contributed by atoms with Crippen LogP contribution < -0.4 is 15.4 Å². The molecule has 0 unspecified atom stereocenters. The van der Waals surface area contributed by atoms with E-state index in [2.05, 4.69) is 20.6 Å². The van der Waals surface area contributed by atoms with Crippen LogP contribution in [0.2, 0.25) is 15.1 Å². The lowest BCUT2D eigenvalue weighted by atomic mass is 10.3. The van der Waals surface area contributed by atoms with Gasteiger partial charge in [0.05, 0.1) is 27.9 Å². The van der Waals surface area contributed by atoms with Gasteiger partial charge in [0, 0.05) is 11.9 Å². The molecule has 0 aliphatic carbocycles. The number of anilines is 4. The fraction of sp³-hybridized carbons (Fsp3) is 0.0588. The number of hydrogen-bond acceptors (Lipinski definition) is 5. The van der Waals surface area contributed by atoms with E-state index in [1.165, 1.54) is 0 Å². The highest BCUT2D eigenvalue weighted by Crippen LogP contribution is 2.31. The quantitative estimate of drug-likeness (QED) is 0.560. The molecular formula is C17H13Cl3N4O. The van der Waals surface area contributed by atoms with E-state index in [1.807, 2.05) is 6.07 Å². The summed E-state index contributed by atoms with van der Waals surface area (Å²) in [7, 11) is 1.57. The lowest BCUT2D eigenvalue weighted by Crippen LogP contribution is -2.01. The zero-order chi connectivity index (χ0) is 17.8. The molecule has 0 aliphatic heterocycles. The minimum Gasteiger partial charge on any atom is -0.495 e. The molecule has 2 N–H and O–H groups in total. The first-order valence-electron chi connectivity index (χ1n) is 7.21. The predicted molar refractivity (Wildman–Crippen MR) is 103 cm³/mol. The van der Waals surface area contributed by atoms with Gasteiger partial charge in [0.2, 0.25) is 5.95 Å². The fourth-order valence-corrected chi connectivity index (χ4v) is 2.71. The van der Waals surface area contributed by atoms with E-state index in [1.54, 1.807) is 49.7 Å². The summed E-state index contributed by atoms with van der Waals surface area (Å²) >= 11 is 18.3. The molecule has 0 saturated heterocycles. The maximum Gasteiger partial charge on any atom is 0.229 e. The number of ether oxygens (including phenoxy) is 1. The van der Waals surface area contributed by atoms with Crippen LogP contribution in [0.25, 0.3) is 0 Å². The van der Waals surface area contributed by atoms with Crippen LogP contribution in [0.4, 0.5) is 23.1 Å². The van der Waals surface area contributed by atoms with Gasteiger partial charge < -0.3 is 15.4 Å². The van der Waals surface area contributed by atoms with E-state index in [-0.39, 0.29) is 0 Å². The molecule has 1 heterocycles. The van der Waals surface area contributed by atoms with Crippen LogP contribution in [0.3, 0.4) is 0 Å². The van der Waals surface area contributed by atoms with Crippen molar-refractivity contribution in [3.05, 3.63) is 63.7 Å². The minimum absolute atomic E-state index is 0.383. The smallest absolute Gasteiger partial charge is 0.229 e. The van der Waals surface area contributed by atoms with Gasteiger partial charge >= 0.3 is 0 Å². The highest BCUT2D eigenvalue weighted by atomic mass is 35.5. The number of nitrogens with one attached hydrogen (secondary N) is 2. The number of rotatable bonds is 5. The SMILES string of the molecule is COc1ccc(Nc2ccnc(Nc3cccc(Cl)c3Cl)n2)cc1Cl. The first-order chi connectivity index (χ1) is 12.1. The number of methoxy groups -OCH3 is 1. The highest BCUT2D eigenvalue weighted by molar-refractivity contribution is 6.43. The summed E-state index contributed by atoms with van der Waals surface area (Å²) < 4.78 is 5.14. The van der Waals surface area contributed by atoms with Crippen molar-refractivity contribution < 1.29 is 4.74 Å². The number of benzene rings is 2. The Balaban J connectivity index is 1.79. The van der Waals surface area contributed by atoms with Crippen molar-refractivity contribution in [3.8, 4) is 5.75 Å². The summed E-state index contributed by atoms with van der Waals surface area (Å²) in [5.74, 6) is 1.58. The molecule has 0 fully saturated rings. The first-order valence-corrected chi connectivity index (χ1v) is 8.35. The van der Waals surface area contributed by atoms with E-state index < -0.39 is 0 Å². The van der Waals surface area contributed by atoms with E-state index in [0.717, 1.165) is 5.69 Å². The highest BCUT2D eigenvalue weighted by Gasteiger charge is 2.07. The second kappa shape index (κ2) is 7.78. The van der Waals surface area contributed by atoms with Crippen LogP contribution in [-0.4, -0.2) is 17.1 Å². The molecule has 2 aromatic carbocycles. The molecule has 0 amide bonds. The Morgan fingerprint density at radius 2 is 1.80 bits per heavy atom. The zero-order valence-electron chi connectivity index (χ0n) is 13.1. The van der Waals surface area contributed by atoms with Gasteiger partial charge in [0.25, 0.3) is 0 Å². The number of nitrogens with zero attached hydrogens (tertiary/aromatic N) is 2. The van der Waals surface area contributed by atoms with Gasteiger partial charge in [0.1, 0.15) is 11.6 Å². The van der Waals surface area contributed by atoms with Crippen molar-refractivity contribution >= 4 is 57.9 Å². The van der Waals surface area contributed by atoms with Crippen LogP contribution in [-0.2, 0) is 0 Å². The second-order valence-corrected chi connectivity index (χ2v) is 6.16. The van der Waals surface area contributed by atoms with Crippen LogP contribution >= 0.6 is 34.8 Å². The third-order valence-electron chi connectivity index (χ3n) is 3.28. The van der Waals surface area contributed by atoms with Crippen molar-refractivity contribution in [1.82, 2.24) is 9.97 Å². The average molecular weight is 396 g/mol. The number of hydrogen-bond donors (Lipinski definition) is 2. The van der Waals surface area contributed by atoms with Crippen molar-refractivity contribution in [2.24, 2.45) is 0 Å². The van der Waals surface area contributed by atoms with Crippen molar-refractivity contribution in [1.29, 1.82) is 0 Å². The van der Waals surface area contributed by atoms with Gasteiger partial charge in [-0.15, -0.1) is 0 Å². The van der Waals surface area contributed by atoms with E-state index in [9.17, 15) is 0 Å². The molecule has 8 heteroatoms. The normalized spacial score (nSPS) is 10.4. The van der Waals surface area contributed by atoms with Crippen molar-refractivity contribution in [2.45, 2.75) is 0 Å². The van der Waals surface area contributed by atoms with Crippen LogP contribution in [0.1, 0.15) is 0 Å². The summed E-state index contributed by atoms with van der Waals surface area (Å²) in [4.78, 5) is 8.58. The Labute approximate surface area is 159 Å². The number of halogens is 3. The molecule has 0 spiro atoms. The maximum absolute atomic E-state index is 6.17. The van der Waals surface area contributed by atoms with Gasteiger partial charge in [-0.25, -0.2) is 4.98 Å². The van der Waals surface area contributed by atoms with Crippen molar-refractivity contribution in [2.75, 3.05) is 17.7 Å². The van der Waals surface area contributed by atoms with Crippen LogP contribution in [0.5, 0.6) is 5.75 Å². The van der Waals surface area contributed by atoms with Gasteiger partial charge in [-0.2, -0.15) is 4.98 Å². The van der Waals surface area contributed by atoms with E-state index in [0.29, 0.717) is 38.3 Å². The summed E-state index contributed by atoms with van der Waals surface area (Å²) in [5, 5.41) is 7.57.